The minimum absolute atomic E-state index is 0.0343. The Bertz CT molecular complexity index is 780. The minimum atomic E-state index is -4.40. The van der Waals surface area contributed by atoms with Crippen LogP contribution in [0.1, 0.15) is 29.2 Å². The summed E-state index contributed by atoms with van der Waals surface area (Å²) in [5.74, 6) is -0.272. The first kappa shape index (κ1) is 18.7. The molecule has 0 aromatic heterocycles. The molecule has 1 fully saturated rings. The number of hydrogen-bond donors (Lipinski definition) is 3. The Hall–Kier alpha value is -2.09. The highest BCUT2D eigenvalue weighted by atomic mass is 35.5. The fourth-order valence-corrected chi connectivity index (χ4v) is 2.94. The molecule has 1 aliphatic heterocycles. The van der Waals surface area contributed by atoms with Gasteiger partial charge in [0.2, 0.25) is 5.91 Å². The Morgan fingerprint density at radius 1 is 1.15 bits per heavy atom. The molecule has 26 heavy (non-hydrogen) atoms. The number of hydrogen-bond acceptors (Lipinski definition) is 3. The van der Waals surface area contributed by atoms with Crippen molar-refractivity contribution in [1.82, 2.24) is 16.2 Å². The van der Waals surface area contributed by atoms with E-state index >= 15 is 0 Å². The average Bonchev–Trinajstić information content (AvgIpc) is 3.10. The van der Waals surface area contributed by atoms with Gasteiger partial charge >= 0.3 is 6.18 Å². The number of halogens is 4. The van der Waals surface area contributed by atoms with Gasteiger partial charge in [0.25, 0.3) is 0 Å². The van der Waals surface area contributed by atoms with E-state index in [1.165, 1.54) is 6.07 Å². The lowest BCUT2D eigenvalue weighted by molar-refractivity contribution is -0.137. The quantitative estimate of drug-likeness (QED) is 0.756. The number of amides is 1. The van der Waals surface area contributed by atoms with Crippen LogP contribution in [-0.2, 0) is 17.5 Å². The maximum atomic E-state index is 12.7. The number of hydrazine groups is 1. The summed E-state index contributed by atoms with van der Waals surface area (Å²) in [5, 5.41) is 3.31. The van der Waals surface area contributed by atoms with Gasteiger partial charge in [-0.05, 0) is 41.8 Å². The van der Waals surface area contributed by atoms with Crippen LogP contribution in [0.15, 0.2) is 48.5 Å². The number of alkyl halides is 3. The van der Waals surface area contributed by atoms with Gasteiger partial charge in [0.05, 0.1) is 5.56 Å². The predicted molar refractivity (Wildman–Crippen MR) is 92.2 cm³/mol. The number of carbonyl (C=O) groups excluding carboxylic acids is 1. The van der Waals surface area contributed by atoms with E-state index in [2.05, 4.69) is 16.2 Å². The Labute approximate surface area is 153 Å². The van der Waals surface area contributed by atoms with Crippen LogP contribution in [-0.4, -0.2) is 11.9 Å². The third kappa shape index (κ3) is 4.55. The summed E-state index contributed by atoms with van der Waals surface area (Å²) in [6.45, 7) is 0.0343. The second-order valence-electron chi connectivity index (χ2n) is 6.10. The van der Waals surface area contributed by atoms with Crippen LogP contribution in [0.25, 0.3) is 0 Å². The maximum absolute atomic E-state index is 12.7. The lowest BCUT2D eigenvalue weighted by Gasteiger charge is -2.12. The standard InChI is InChI=1S/C18H17ClF3N3O/c19-14-6-4-12(5-7-14)15-9-16(25-24-15)17(26)23-10-11-2-1-3-13(8-11)18(20,21)22/h1-8,15-16,24-25H,9-10H2,(H,23,26). The van der Waals surface area contributed by atoms with Crippen molar-refractivity contribution >= 4 is 17.5 Å². The van der Waals surface area contributed by atoms with Gasteiger partial charge in [-0.15, -0.1) is 0 Å². The molecule has 0 bridgehead atoms. The Balaban J connectivity index is 1.55. The van der Waals surface area contributed by atoms with Crippen molar-refractivity contribution in [3.8, 4) is 0 Å². The first-order valence-corrected chi connectivity index (χ1v) is 8.41. The Morgan fingerprint density at radius 2 is 1.88 bits per heavy atom. The molecule has 1 aliphatic rings. The van der Waals surface area contributed by atoms with Crippen LogP contribution in [0.3, 0.4) is 0 Å². The molecule has 0 spiro atoms. The molecule has 0 saturated carbocycles. The van der Waals surface area contributed by atoms with Gasteiger partial charge in [-0.25, -0.2) is 10.9 Å². The Morgan fingerprint density at radius 3 is 2.58 bits per heavy atom. The van der Waals surface area contributed by atoms with E-state index in [1.807, 2.05) is 12.1 Å². The van der Waals surface area contributed by atoms with Crippen LogP contribution in [0, 0.1) is 0 Å². The third-order valence-corrected chi connectivity index (χ3v) is 4.47. The zero-order valence-corrected chi connectivity index (χ0v) is 14.4. The second kappa shape index (κ2) is 7.65. The summed E-state index contributed by atoms with van der Waals surface area (Å²) in [4.78, 5) is 12.3. The van der Waals surface area contributed by atoms with Crippen LogP contribution >= 0.6 is 11.6 Å². The van der Waals surface area contributed by atoms with E-state index in [4.69, 9.17) is 11.6 Å². The summed E-state index contributed by atoms with van der Waals surface area (Å²) in [6.07, 6.45) is -3.88. The predicted octanol–water partition coefficient (Wildman–Crippen LogP) is 3.58. The molecule has 0 radical (unpaired) electrons. The molecule has 2 aromatic carbocycles. The zero-order valence-electron chi connectivity index (χ0n) is 13.6. The van der Waals surface area contributed by atoms with Gasteiger partial charge in [-0.1, -0.05) is 35.9 Å². The maximum Gasteiger partial charge on any atom is 0.416 e. The molecule has 2 unspecified atom stereocenters. The summed E-state index contributed by atoms with van der Waals surface area (Å²) in [6, 6.07) is 11.7. The average molecular weight is 384 g/mol. The highest BCUT2D eigenvalue weighted by Gasteiger charge is 2.31. The van der Waals surface area contributed by atoms with Crippen LogP contribution < -0.4 is 16.2 Å². The fraction of sp³-hybridized carbons (Fsp3) is 0.278. The van der Waals surface area contributed by atoms with Crippen molar-refractivity contribution in [2.24, 2.45) is 0 Å². The molecule has 8 heteroatoms. The van der Waals surface area contributed by atoms with E-state index in [-0.39, 0.29) is 18.5 Å². The van der Waals surface area contributed by atoms with Crippen molar-refractivity contribution in [2.45, 2.75) is 31.2 Å². The van der Waals surface area contributed by atoms with Crippen molar-refractivity contribution in [3.63, 3.8) is 0 Å². The van der Waals surface area contributed by atoms with Gasteiger partial charge in [-0.2, -0.15) is 13.2 Å². The summed E-state index contributed by atoms with van der Waals surface area (Å²) >= 11 is 5.87. The number of benzene rings is 2. The normalized spacial score (nSPS) is 20.2. The van der Waals surface area contributed by atoms with E-state index in [0.717, 1.165) is 17.7 Å². The molecule has 3 rings (SSSR count). The summed E-state index contributed by atoms with van der Waals surface area (Å²) in [5.41, 5.74) is 6.63. The van der Waals surface area contributed by atoms with E-state index in [0.29, 0.717) is 17.0 Å². The van der Waals surface area contributed by atoms with E-state index in [1.54, 1.807) is 18.2 Å². The monoisotopic (exact) mass is 383 g/mol. The van der Waals surface area contributed by atoms with Crippen LogP contribution in [0.5, 0.6) is 0 Å². The molecule has 1 amide bonds. The van der Waals surface area contributed by atoms with Gasteiger partial charge in [-0.3, -0.25) is 4.79 Å². The highest BCUT2D eigenvalue weighted by molar-refractivity contribution is 6.30. The molecule has 2 atom stereocenters. The number of nitrogens with one attached hydrogen (secondary N) is 3. The SMILES string of the molecule is O=C(NCc1cccc(C(F)(F)F)c1)C1CC(c2ccc(Cl)cc2)NN1. The van der Waals surface area contributed by atoms with Crippen molar-refractivity contribution in [3.05, 3.63) is 70.2 Å². The molecule has 1 saturated heterocycles. The van der Waals surface area contributed by atoms with Crippen molar-refractivity contribution in [2.75, 3.05) is 0 Å². The first-order chi connectivity index (χ1) is 12.3. The topological polar surface area (TPSA) is 53.2 Å². The highest BCUT2D eigenvalue weighted by Crippen LogP contribution is 2.29. The molecule has 2 aromatic rings. The molecular weight excluding hydrogens is 367 g/mol. The second-order valence-corrected chi connectivity index (χ2v) is 6.53. The Kier molecular flexibility index (Phi) is 5.50. The molecule has 1 heterocycles. The fourth-order valence-electron chi connectivity index (χ4n) is 2.81. The minimum Gasteiger partial charge on any atom is -0.351 e. The largest absolute Gasteiger partial charge is 0.416 e. The van der Waals surface area contributed by atoms with Crippen molar-refractivity contribution in [1.29, 1.82) is 0 Å². The lowest BCUT2D eigenvalue weighted by atomic mass is 10.0. The van der Waals surface area contributed by atoms with Gasteiger partial charge in [0.15, 0.2) is 0 Å². The molecular formula is C18H17ClF3N3O. The number of carbonyl (C=O) groups is 1. The summed E-state index contributed by atoms with van der Waals surface area (Å²) in [7, 11) is 0. The summed E-state index contributed by atoms with van der Waals surface area (Å²) < 4.78 is 38.2. The molecule has 0 aliphatic carbocycles. The zero-order chi connectivity index (χ0) is 18.7. The molecule has 138 valence electrons. The van der Waals surface area contributed by atoms with Crippen molar-refractivity contribution < 1.29 is 18.0 Å². The number of rotatable bonds is 4. The third-order valence-electron chi connectivity index (χ3n) is 4.21. The smallest absolute Gasteiger partial charge is 0.351 e. The molecule has 4 nitrogen and oxygen atoms in total. The van der Waals surface area contributed by atoms with Crippen LogP contribution in [0.4, 0.5) is 13.2 Å². The first-order valence-electron chi connectivity index (χ1n) is 8.03. The van der Waals surface area contributed by atoms with Gasteiger partial charge in [0.1, 0.15) is 6.04 Å². The van der Waals surface area contributed by atoms with E-state index < -0.39 is 17.8 Å². The van der Waals surface area contributed by atoms with E-state index in [9.17, 15) is 18.0 Å². The van der Waals surface area contributed by atoms with Gasteiger partial charge < -0.3 is 5.32 Å². The van der Waals surface area contributed by atoms with Gasteiger partial charge in [0, 0.05) is 17.6 Å². The van der Waals surface area contributed by atoms with Crippen LogP contribution in [0.2, 0.25) is 5.02 Å². The molecule has 3 N–H and O–H groups in total. The lowest BCUT2D eigenvalue weighted by Crippen LogP contribution is -2.42.